The minimum absolute atomic E-state index is 0.247. The van der Waals surface area contributed by atoms with Gasteiger partial charge in [0, 0.05) is 26.3 Å². The highest BCUT2D eigenvalue weighted by Crippen LogP contribution is 2.21. The second-order valence-electron chi connectivity index (χ2n) is 5.56. The fourth-order valence-corrected chi connectivity index (χ4v) is 3.02. The summed E-state index contributed by atoms with van der Waals surface area (Å²) in [6, 6.07) is 0.247. The Morgan fingerprint density at radius 2 is 2.14 bits per heavy atom. The van der Waals surface area contributed by atoms with E-state index in [4.69, 9.17) is 4.74 Å². The first kappa shape index (κ1) is 15.0. The van der Waals surface area contributed by atoms with Crippen LogP contribution in [0.2, 0.25) is 0 Å². The van der Waals surface area contributed by atoms with Gasteiger partial charge in [0.1, 0.15) is 0 Å². The van der Waals surface area contributed by atoms with Crippen LogP contribution in [0.25, 0.3) is 11.2 Å². The van der Waals surface area contributed by atoms with E-state index in [1.165, 1.54) is 4.57 Å². The number of fused-ring (bicyclic) bond motifs is 1. The summed E-state index contributed by atoms with van der Waals surface area (Å²) in [4.78, 5) is 31.0. The number of rotatable bonds is 5. The summed E-state index contributed by atoms with van der Waals surface area (Å²) in [6.45, 7) is 2.89. The molecule has 0 aromatic carbocycles. The highest BCUT2D eigenvalue weighted by molar-refractivity contribution is 5.70. The van der Waals surface area contributed by atoms with Gasteiger partial charge in [0.2, 0.25) is 0 Å². The Bertz CT molecular complexity index is 754. The quantitative estimate of drug-likeness (QED) is 0.749. The van der Waals surface area contributed by atoms with E-state index in [0.29, 0.717) is 30.7 Å². The van der Waals surface area contributed by atoms with Gasteiger partial charge in [-0.3, -0.25) is 14.3 Å². The van der Waals surface area contributed by atoms with Crippen LogP contribution in [0.3, 0.4) is 0 Å². The predicted molar refractivity (Wildman–Crippen MR) is 82.2 cm³/mol. The molecule has 1 aliphatic rings. The smallest absolute Gasteiger partial charge is 0.330 e. The van der Waals surface area contributed by atoms with Crippen molar-refractivity contribution >= 4 is 11.2 Å². The lowest BCUT2D eigenvalue weighted by Gasteiger charge is -2.24. The van der Waals surface area contributed by atoms with E-state index in [9.17, 15) is 9.59 Å². The van der Waals surface area contributed by atoms with E-state index < -0.39 is 5.69 Å². The summed E-state index contributed by atoms with van der Waals surface area (Å²) >= 11 is 0. The molecule has 8 heteroatoms. The Kier molecular flexibility index (Phi) is 4.39. The summed E-state index contributed by atoms with van der Waals surface area (Å²) < 4.78 is 8.46. The Hall–Kier alpha value is -1.93. The molecule has 3 heterocycles. The molecule has 1 fully saturated rings. The molecular weight excluding hydrogens is 286 g/mol. The molecule has 0 saturated carbocycles. The van der Waals surface area contributed by atoms with Crippen LogP contribution in [0.1, 0.15) is 25.3 Å². The maximum atomic E-state index is 12.2. The molecule has 1 saturated heterocycles. The molecule has 0 bridgehead atoms. The summed E-state index contributed by atoms with van der Waals surface area (Å²) in [5.74, 6) is 0. The Morgan fingerprint density at radius 1 is 1.36 bits per heavy atom. The van der Waals surface area contributed by atoms with E-state index in [2.05, 4.69) is 15.3 Å². The van der Waals surface area contributed by atoms with Gasteiger partial charge >= 0.3 is 5.69 Å². The van der Waals surface area contributed by atoms with Crippen LogP contribution in [0.15, 0.2) is 15.9 Å². The van der Waals surface area contributed by atoms with Gasteiger partial charge in [0.05, 0.1) is 6.33 Å². The Morgan fingerprint density at radius 3 is 2.86 bits per heavy atom. The fraction of sp³-hybridized carbons (Fsp3) is 0.643. The first-order chi connectivity index (χ1) is 10.7. The number of aromatic nitrogens is 4. The number of ether oxygens (including phenoxy) is 1. The number of piperidine rings is 1. The van der Waals surface area contributed by atoms with Crippen molar-refractivity contribution in [3.8, 4) is 0 Å². The molecule has 0 aliphatic carbocycles. The van der Waals surface area contributed by atoms with Crippen molar-refractivity contribution in [2.24, 2.45) is 0 Å². The Balaban J connectivity index is 2.04. The van der Waals surface area contributed by atoms with Gasteiger partial charge in [-0.15, -0.1) is 0 Å². The molecule has 2 N–H and O–H groups in total. The third kappa shape index (κ3) is 2.71. The van der Waals surface area contributed by atoms with E-state index in [0.717, 1.165) is 25.9 Å². The van der Waals surface area contributed by atoms with E-state index in [1.807, 2.05) is 4.57 Å². The van der Waals surface area contributed by atoms with Crippen LogP contribution in [0.4, 0.5) is 0 Å². The molecule has 22 heavy (non-hydrogen) atoms. The molecule has 3 rings (SSSR count). The molecule has 0 atom stereocenters. The number of nitrogens with zero attached hydrogens (tertiary/aromatic N) is 3. The molecule has 2 aromatic rings. The zero-order chi connectivity index (χ0) is 15.5. The molecule has 8 nitrogen and oxygen atoms in total. The van der Waals surface area contributed by atoms with Crippen LogP contribution >= 0.6 is 0 Å². The predicted octanol–water partition coefficient (Wildman–Crippen LogP) is -0.153. The second kappa shape index (κ2) is 6.45. The maximum absolute atomic E-state index is 12.2. The highest BCUT2D eigenvalue weighted by Gasteiger charge is 2.20. The first-order valence-corrected chi connectivity index (χ1v) is 7.61. The number of H-pyrrole nitrogens is 1. The molecule has 120 valence electrons. The maximum Gasteiger partial charge on any atom is 0.330 e. The third-order valence-corrected chi connectivity index (χ3v) is 4.14. The van der Waals surface area contributed by atoms with Crippen LogP contribution < -0.4 is 16.6 Å². The number of hydrogen-bond acceptors (Lipinski definition) is 5. The second-order valence-corrected chi connectivity index (χ2v) is 5.56. The van der Waals surface area contributed by atoms with Gasteiger partial charge in [-0.05, 0) is 32.4 Å². The monoisotopic (exact) mass is 307 g/mol. The zero-order valence-corrected chi connectivity index (χ0v) is 12.7. The van der Waals surface area contributed by atoms with Crippen molar-refractivity contribution in [1.29, 1.82) is 0 Å². The normalized spacial score (nSPS) is 16.4. The average molecular weight is 307 g/mol. The van der Waals surface area contributed by atoms with Crippen molar-refractivity contribution in [1.82, 2.24) is 24.4 Å². The van der Waals surface area contributed by atoms with Crippen LogP contribution in [0.5, 0.6) is 0 Å². The highest BCUT2D eigenvalue weighted by atomic mass is 16.5. The molecule has 0 unspecified atom stereocenters. The van der Waals surface area contributed by atoms with Crippen molar-refractivity contribution < 1.29 is 4.74 Å². The summed E-state index contributed by atoms with van der Waals surface area (Å²) in [5.41, 5.74) is 0.176. The van der Waals surface area contributed by atoms with E-state index in [1.54, 1.807) is 13.4 Å². The average Bonchev–Trinajstić information content (AvgIpc) is 2.97. The first-order valence-electron chi connectivity index (χ1n) is 7.61. The van der Waals surface area contributed by atoms with Gasteiger partial charge in [-0.1, -0.05) is 0 Å². The van der Waals surface area contributed by atoms with Crippen molar-refractivity contribution in [3.63, 3.8) is 0 Å². The van der Waals surface area contributed by atoms with Crippen LogP contribution in [-0.2, 0) is 11.3 Å². The summed E-state index contributed by atoms with van der Waals surface area (Å²) in [6.07, 6.45) is 4.28. The molecule has 0 radical (unpaired) electrons. The lowest BCUT2D eigenvalue weighted by molar-refractivity contribution is 0.190. The van der Waals surface area contributed by atoms with Gasteiger partial charge in [-0.2, -0.15) is 0 Å². The van der Waals surface area contributed by atoms with Crippen molar-refractivity contribution in [3.05, 3.63) is 27.2 Å². The standard InChI is InChI=1S/C14H21N5O3/c1-22-8-2-7-18-12-11(13(20)17-14(18)21)19(9-16-12)10-3-5-15-6-4-10/h9-10,15H,2-8H2,1H3,(H,17,20,21). The molecule has 1 aliphatic heterocycles. The van der Waals surface area contributed by atoms with Gasteiger partial charge in [0.25, 0.3) is 5.56 Å². The molecule has 0 spiro atoms. The number of aryl methyl sites for hydroxylation is 1. The number of imidazole rings is 1. The van der Waals surface area contributed by atoms with Crippen LogP contribution in [0, 0.1) is 0 Å². The van der Waals surface area contributed by atoms with E-state index >= 15 is 0 Å². The molecular formula is C14H21N5O3. The van der Waals surface area contributed by atoms with Gasteiger partial charge in [0.15, 0.2) is 11.2 Å². The SMILES string of the molecule is COCCCn1c(=O)[nH]c(=O)c2c1ncn2C1CCNCC1. The topological polar surface area (TPSA) is 93.9 Å². The van der Waals surface area contributed by atoms with Gasteiger partial charge < -0.3 is 14.6 Å². The summed E-state index contributed by atoms with van der Waals surface area (Å²) in [7, 11) is 1.62. The third-order valence-electron chi connectivity index (χ3n) is 4.14. The van der Waals surface area contributed by atoms with E-state index in [-0.39, 0.29) is 11.6 Å². The minimum atomic E-state index is -0.413. The lowest BCUT2D eigenvalue weighted by atomic mass is 10.1. The number of nitrogens with one attached hydrogen (secondary N) is 2. The molecule has 0 amide bonds. The fourth-order valence-electron chi connectivity index (χ4n) is 3.02. The molecule has 2 aromatic heterocycles. The van der Waals surface area contributed by atoms with Crippen LogP contribution in [-0.4, -0.2) is 45.9 Å². The number of hydrogen-bond donors (Lipinski definition) is 2. The number of methoxy groups -OCH3 is 1. The van der Waals surface area contributed by atoms with Gasteiger partial charge in [-0.25, -0.2) is 9.78 Å². The zero-order valence-electron chi connectivity index (χ0n) is 12.7. The minimum Gasteiger partial charge on any atom is -0.385 e. The largest absolute Gasteiger partial charge is 0.385 e. The van der Waals surface area contributed by atoms with Crippen molar-refractivity contribution in [2.75, 3.05) is 26.8 Å². The Labute approximate surface area is 127 Å². The van der Waals surface area contributed by atoms with Crippen molar-refractivity contribution in [2.45, 2.75) is 31.8 Å². The number of aromatic amines is 1. The lowest BCUT2D eigenvalue weighted by Crippen LogP contribution is -2.33. The summed E-state index contributed by atoms with van der Waals surface area (Å²) in [5, 5.41) is 3.31.